The zero-order chi connectivity index (χ0) is 12.5. The molecule has 1 saturated carbocycles. The molecule has 1 aliphatic carbocycles. The number of carbonyl (C=O) groups is 1. The van der Waals surface area contributed by atoms with Crippen LogP contribution in [0.1, 0.15) is 36.0 Å². The fraction of sp³-hybridized carbons (Fsp3) is 0.400. The number of nitrogens with zero attached hydrogens (tertiary/aromatic N) is 1. The number of halogens is 1. The molecule has 0 atom stereocenters. The Morgan fingerprint density at radius 3 is 2.83 bits per heavy atom. The summed E-state index contributed by atoms with van der Waals surface area (Å²) in [6.45, 7) is 1.04. The van der Waals surface area contributed by atoms with Gasteiger partial charge in [0.15, 0.2) is 6.29 Å². The Bertz CT molecular complexity index is 581. The maximum atomic E-state index is 11.1. The number of carbonyl (C=O) groups excluding carboxylic acids is 1. The summed E-state index contributed by atoms with van der Waals surface area (Å²) in [6.07, 6.45) is 8.32. The quantitative estimate of drug-likeness (QED) is 0.770. The van der Waals surface area contributed by atoms with Gasteiger partial charge in [-0.25, -0.2) is 0 Å². The van der Waals surface area contributed by atoms with E-state index in [-0.39, 0.29) is 0 Å². The summed E-state index contributed by atoms with van der Waals surface area (Å²) in [6, 6.07) is 6.13. The minimum Gasteiger partial charge on any atom is -0.346 e. The monoisotopic (exact) mass is 305 g/mol. The van der Waals surface area contributed by atoms with Crippen LogP contribution in [0, 0.1) is 5.92 Å². The third kappa shape index (κ3) is 2.12. The molecule has 0 amide bonds. The second-order valence-corrected chi connectivity index (χ2v) is 6.08. The summed E-state index contributed by atoms with van der Waals surface area (Å²) in [5, 5.41) is 1.06. The fourth-order valence-electron chi connectivity index (χ4n) is 3.01. The molecular weight excluding hydrogens is 290 g/mol. The van der Waals surface area contributed by atoms with Crippen molar-refractivity contribution in [3.05, 3.63) is 34.4 Å². The number of hydrogen-bond donors (Lipinski definition) is 0. The molecule has 0 spiro atoms. The highest BCUT2D eigenvalue weighted by Crippen LogP contribution is 2.30. The molecule has 2 aromatic rings. The van der Waals surface area contributed by atoms with Gasteiger partial charge in [-0.1, -0.05) is 34.8 Å². The minimum absolute atomic E-state index is 0.777. The Kier molecular flexibility index (Phi) is 3.25. The molecule has 0 unspecified atom stereocenters. The van der Waals surface area contributed by atoms with Crippen LogP contribution in [0.3, 0.4) is 0 Å². The van der Waals surface area contributed by atoms with E-state index in [1.807, 2.05) is 18.3 Å². The second-order valence-electron chi connectivity index (χ2n) is 5.17. The molecule has 1 aromatic heterocycles. The van der Waals surface area contributed by atoms with Crippen LogP contribution < -0.4 is 0 Å². The Balaban J connectivity index is 2.04. The van der Waals surface area contributed by atoms with Gasteiger partial charge in [-0.3, -0.25) is 4.79 Å². The van der Waals surface area contributed by atoms with Gasteiger partial charge in [0, 0.05) is 33.7 Å². The Morgan fingerprint density at radius 1 is 1.33 bits per heavy atom. The van der Waals surface area contributed by atoms with E-state index in [0.29, 0.717) is 0 Å². The SMILES string of the molecule is O=Cc1cn(CC2CCCC2)c2cc(Br)ccc12. The Labute approximate surface area is 115 Å². The predicted octanol–water partition coefficient (Wildman–Crippen LogP) is 4.41. The average Bonchev–Trinajstić information content (AvgIpc) is 2.98. The molecular formula is C15H16BrNO. The lowest BCUT2D eigenvalue weighted by Crippen LogP contribution is -2.05. The molecule has 3 rings (SSSR count). The summed E-state index contributed by atoms with van der Waals surface area (Å²) < 4.78 is 3.32. The van der Waals surface area contributed by atoms with E-state index in [1.165, 1.54) is 31.2 Å². The van der Waals surface area contributed by atoms with Crippen molar-refractivity contribution < 1.29 is 4.79 Å². The van der Waals surface area contributed by atoms with E-state index >= 15 is 0 Å². The summed E-state index contributed by atoms with van der Waals surface area (Å²) in [5.74, 6) is 0.777. The van der Waals surface area contributed by atoms with E-state index in [2.05, 4.69) is 26.6 Å². The highest BCUT2D eigenvalue weighted by Gasteiger charge is 2.17. The topological polar surface area (TPSA) is 22.0 Å². The molecule has 0 saturated heterocycles. The molecule has 94 valence electrons. The number of rotatable bonds is 3. The summed E-state index contributed by atoms with van der Waals surface area (Å²) in [7, 11) is 0. The van der Waals surface area contributed by atoms with Gasteiger partial charge in [0.1, 0.15) is 0 Å². The number of benzene rings is 1. The predicted molar refractivity (Wildman–Crippen MR) is 77.0 cm³/mol. The van der Waals surface area contributed by atoms with Crippen molar-refractivity contribution in [2.45, 2.75) is 32.2 Å². The lowest BCUT2D eigenvalue weighted by Gasteiger charge is -2.11. The van der Waals surface area contributed by atoms with Crippen LogP contribution >= 0.6 is 15.9 Å². The van der Waals surface area contributed by atoms with E-state index in [0.717, 1.165) is 34.2 Å². The van der Waals surface area contributed by atoms with Crippen LogP contribution in [-0.4, -0.2) is 10.9 Å². The molecule has 18 heavy (non-hydrogen) atoms. The van der Waals surface area contributed by atoms with Crippen LogP contribution in [0.4, 0.5) is 0 Å². The van der Waals surface area contributed by atoms with Gasteiger partial charge < -0.3 is 4.57 Å². The van der Waals surface area contributed by atoms with Crippen molar-refractivity contribution in [3.63, 3.8) is 0 Å². The van der Waals surface area contributed by atoms with Crippen LogP contribution in [0.15, 0.2) is 28.9 Å². The third-order valence-electron chi connectivity index (χ3n) is 3.93. The number of hydrogen-bond acceptors (Lipinski definition) is 1. The lowest BCUT2D eigenvalue weighted by molar-refractivity contribution is 0.112. The van der Waals surface area contributed by atoms with Gasteiger partial charge in [0.2, 0.25) is 0 Å². The first-order chi connectivity index (χ1) is 8.78. The maximum absolute atomic E-state index is 11.1. The van der Waals surface area contributed by atoms with Crippen molar-refractivity contribution in [2.24, 2.45) is 5.92 Å². The van der Waals surface area contributed by atoms with Crippen LogP contribution in [0.2, 0.25) is 0 Å². The summed E-state index contributed by atoms with van der Waals surface area (Å²) in [5.41, 5.74) is 1.97. The van der Waals surface area contributed by atoms with E-state index in [1.54, 1.807) is 0 Å². The van der Waals surface area contributed by atoms with Gasteiger partial charge >= 0.3 is 0 Å². The summed E-state index contributed by atoms with van der Waals surface area (Å²) in [4.78, 5) is 11.1. The molecule has 0 bridgehead atoms. The van der Waals surface area contributed by atoms with Crippen molar-refractivity contribution in [1.29, 1.82) is 0 Å². The zero-order valence-corrected chi connectivity index (χ0v) is 11.8. The first kappa shape index (κ1) is 12.0. The second kappa shape index (κ2) is 4.88. The molecule has 3 heteroatoms. The van der Waals surface area contributed by atoms with Gasteiger partial charge in [-0.2, -0.15) is 0 Å². The Morgan fingerprint density at radius 2 is 2.11 bits per heavy atom. The van der Waals surface area contributed by atoms with Gasteiger partial charge in [0.25, 0.3) is 0 Å². The van der Waals surface area contributed by atoms with Gasteiger partial charge in [-0.15, -0.1) is 0 Å². The third-order valence-corrected chi connectivity index (χ3v) is 4.42. The molecule has 0 radical (unpaired) electrons. The fourth-order valence-corrected chi connectivity index (χ4v) is 3.36. The molecule has 1 aliphatic rings. The number of aldehydes is 1. The van der Waals surface area contributed by atoms with Gasteiger partial charge in [0.05, 0.1) is 0 Å². The molecule has 1 heterocycles. The molecule has 1 fully saturated rings. The molecule has 0 N–H and O–H groups in total. The lowest BCUT2D eigenvalue weighted by atomic mass is 10.1. The van der Waals surface area contributed by atoms with E-state index in [4.69, 9.17) is 0 Å². The minimum atomic E-state index is 0.777. The number of fused-ring (bicyclic) bond motifs is 1. The van der Waals surface area contributed by atoms with Crippen LogP contribution in [0.25, 0.3) is 10.9 Å². The van der Waals surface area contributed by atoms with Crippen LogP contribution in [0.5, 0.6) is 0 Å². The van der Waals surface area contributed by atoms with Gasteiger partial charge in [-0.05, 0) is 30.9 Å². The summed E-state index contributed by atoms with van der Waals surface area (Å²) >= 11 is 3.51. The Hall–Kier alpha value is -1.09. The highest BCUT2D eigenvalue weighted by atomic mass is 79.9. The van der Waals surface area contributed by atoms with Crippen molar-refractivity contribution in [3.8, 4) is 0 Å². The van der Waals surface area contributed by atoms with E-state index in [9.17, 15) is 4.79 Å². The smallest absolute Gasteiger partial charge is 0.152 e. The largest absolute Gasteiger partial charge is 0.346 e. The number of aromatic nitrogens is 1. The molecule has 2 nitrogen and oxygen atoms in total. The molecule has 1 aromatic carbocycles. The van der Waals surface area contributed by atoms with Crippen LogP contribution in [-0.2, 0) is 6.54 Å². The highest BCUT2D eigenvalue weighted by molar-refractivity contribution is 9.10. The van der Waals surface area contributed by atoms with Crippen molar-refractivity contribution in [1.82, 2.24) is 4.57 Å². The zero-order valence-electron chi connectivity index (χ0n) is 10.2. The van der Waals surface area contributed by atoms with Crippen molar-refractivity contribution in [2.75, 3.05) is 0 Å². The van der Waals surface area contributed by atoms with Crippen molar-refractivity contribution >= 4 is 33.1 Å². The maximum Gasteiger partial charge on any atom is 0.152 e. The standard InChI is InChI=1S/C15H16BrNO/c16-13-5-6-14-12(10-18)9-17(15(14)7-13)8-11-3-1-2-4-11/h5-7,9-11H,1-4,8H2. The van der Waals surface area contributed by atoms with E-state index < -0.39 is 0 Å². The molecule has 0 aliphatic heterocycles. The first-order valence-corrected chi connectivity index (χ1v) is 7.31. The average molecular weight is 306 g/mol. The first-order valence-electron chi connectivity index (χ1n) is 6.51. The normalized spacial score (nSPS) is 16.5.